The van der Waals surface area contributed by atoms with Gasteiger partial charge >= 0.3 is 0 Å². The lowest BCUT2D eigenvalue weighted by Crippen LogP contribution is -2.60. The molecule has 0 spiro atoms. The molecule has 7 atom stereocenters. The molecule has 0 N–H and O–H groups in total. The van der Waals surface area contributed by atoms with Crippen LogP contribution in [-0.4, -0.2) is 19.0 Å². The summed E-state index contributed by atoms with van der Waals surface area (Å²) in [4.78, 5) is 12.9. The van der Waals surface area contributed by atoms with Crippen LogP contribution >= 0.6 is 0 Å². The quantitative estimate of drug-likeness (QED) is 0.643. The lowest BCUT2D eigenvalue weighted by Gasteiger charge is -2.65. The van der Waals surface area contributed by atoms with Gasteiger partial charge in [0.25, 0.3) is 0 Å². The summed E-state index contributed by atoms with van der Waals surface area (Å²) in [7, 11) is 1.88. The van der Waals surface area contributed by atoms with Crippen LogP contribution in [-0.2, 0) is 9.53 Å². The Hall–Kier alpha value is -0.370. The van der Waals surface area contributed by atoms with E-state index in [4.69, 9.17) is 4.74 Å². The molecule has 4 rings (SSSR count). The molecule has 0 amide bonds. The van der Waals surface area contributed by atoms with Gasteiger partial charge in [0.1, 0.15) is 5.78 Å². The topological polar surface area (TPSA) is 26.3 Å². The smallest absolute Gasteiger partial charge is 0.136 e. The summed E-state index contributed by atoms with van der Waals surface area (Å²) in [5.41, 5.74) is 1.11. The minimum Gasteiger partial charge on any atom is -0.381 e. The monoisotopic (exact) mass is 332 g/mol. The summed E-state index contributed by atoms with van der Waals surface area (Å²) in [6.45, 7) is 7.53. The lowest BCUT2D eigenvalue weighted by molar-refractivity contribution is -0.182. The molecule has 4 aliphatic rings. The van der Waals surface area contributed by atoms with Gasteiger partial charge in [0, 0.05) is 19.4 Å². The highest BCUT2D eigenvalue weighted by atomic mass is 16.5. The normalized spacial score (nSPS) is 54.6. The van der Waals surface area contributed by atoms with Crippen LogP contribution in [0.3, 0.4) is 0 Å². The van der Waals surface area contributed by atoms with E-state index in [0.717, 1.165) is 18.8 Å². The van der Waals surface area contributed by atoms with E-state index in [0.29, 0.717) is 40.0 Å². The number of hydrogen-bond donors (Lipinski definition) is 0. The Labute approximate surface area is 148 Å². The zero-order valence-electron chi connectivity index (χ0n) is 16.2. The van der Waals surface area contributed by atoms with Gasteiger partial charge in [-0.2, -0.15) is 0 Å². The van der Waals surface area contributed by atoms with E-state index < -0.39 is 0 Å². The van der Waals surface area contributed by atoms with E-state index in [1.807, 2.05) is 7.11 Å². The Balaban J connectivity index is 1.67. The molecule has 136 valence electrons. The van der Waals surface area contributed by atoms with Crippen LogP contribution in [0.5, 0.6) is 0 Å². The molecule has 0 aromatic carbocycles. The second kappa shape index (κ2) is 5.56. The fraction of sp³-hybridized carbons (Fsp3) is 0.955. The molecular formula is C22H36O2. The number of hydrogen-bond acceptors (Lipinski definition) is 2. The van der Waals surface area contributed by atoms with Crippen molar-refractivity contribution in [1.82, 2.24) is 0 Å². The van der Waals surface area contributed by atoms with Gasteiger partial charge in [-0.3, -0.25) is 4.79 Å². The van der Waals surface area contributed by atoms with Gasteiger partial charge < -0.3 is 4.74 Å². The molecule has 0 aromatic heterocycles. The number of fused-ring (bicyclic) bond motifs is 5. The van der Waals surface area contributed by atoms with Gasteiger partial charge in [0.05, 0.1) is 6.10 Å². The predicted molar refractivity (Wildman–Crippen MR) is 96.8 cm³/mol. The summed E-state index contributed by atoms with van der Waals surface area (Å²) in [5.74, 6) is 2.39. The Kier molecular flexibility index (Phi) is 3.95. The first-order chi connectivity index (χ1) is 11.3. The van der Waals surface area contributed by atoms with Crippen LogP contribution in [0.15, 0.2) is 0 Å². The first-order valence-electron chi connectivity index (χ1n) is 10.4. The van der Waals surface area contributed by atoms with Gasteiger partial charge in [-0.15, -0.1) is 0 Å². The van der Waals surface area contributed by atoms with Gasteiger partial charge in [-0.05, 0) is 85.9 Å². The van der Waals surface area contributed by atoms with Gasteiger partial charge in [-0.25, -0.2) is 0 Å². The summed E-state index contributed by atoms with van der Waals surface area (Å²) < 4.78 is 5.74. The number of rotatable bonds is 1. The molecule has 2 nitrogen and oxygen atoms in total. The van der Waals surface area contributed by atoms with Crippen LogP contribution in [0.1, 0.15) is 85.0 Å². The average molecular weight is 333 g/mol. The summed E-state index contributed by atoms with van der Waals surface area (Å²) >= 11 is 0. The molecular weight excluding hydrogens is 296 g/mol. The minimum atomic E-state index is 0.303. The maximum Gasteiger partial charge on any atom is 0.136 e. The zero-order valence-corrected chi connectivity index (χ0v) is 16.2. The van der Waals surface area contributed by atoms with Crippen molar-refractivity contribution >= 4 is 5.78 Å². The lowest BCUT2D eigenvalue weighted by atomic mass is 9.39. The molecule has 0 unspecified atom stereocenters. The van der Waals surface area contributed by atoms with Crippen LogP contribution in [0, 0.1) is 34.0 Å². The van der Waals surface area contributed by atoms with Crippen molar-refractivity contribution in [3.05, 3.63) is 0 Å². The van der Waals surface area contributed by atoms with E-state index in [9.17, 15) is 4.79 Å². The summed E-state index contributed by atoms with van der Waals surface area (Å²) in [6, 6.07) is 0. The Morgan fingerprint density at radius 3 is 2.50 bits per heavy atom. The van der Waals surface area contributed by atoms with Crippen molar-refractivity contribution in [1.29, 1.82) is 0 Å². The van der Waals surface area contributed by atoms with E-state index in [1.54, 1.807) is 0 Å². The van der Waals surface area contributed by atoms with Crippen LogP contribution in [0.25, 0.3) is 0 Å². The average Bonchev–Trinajstić information content (AvgIpc) is 2.54. The van der Waals surface area contributed by atoms with Crippen molar-refractivity contribution < 1.29 is 9.53 Å². The van der Waals surface area contributed by atoms with Crippen LogP contribution in [0.4, 0.5) is 0 Å². The van der Waals surface area contributed by atoms with Crippen LogP contribution < -0.4 is 0 Å². The molecule has 0 heterocycles. The van der Waals surface area contributed by atoms with Crippen molar-refractivity contribution in [3.63, 3.8) is 0 Å². The second-order valence-electron chi connectivity index (χ2n) is 10.4. The van der Waals surface area contributed by atoms with E-state index in [1.165, 1.54) is 51.4 Å². The van der Waals surface area contributed by atoms with Gasteiger partial charge in [0.2, 0.25) is 0 Å². The molecule has 0 bridgehead atoms. The number of carbonyl (C=O) groups excluding carboxylic acids is 1. The second-order valence-corrected chi connectivity index (χ2v) is 10.4. The highest BCUT2D eigenvalue weighted by molar-refractivity contribution is 5.83. The van der Waals surface area contributed by atoms with E-state index in [2.05, 4.69) is 20.8 Å². The third kappa shape index (κ3) is 2.27. The van der Waals surface area contributed by atoms with Crippen molar-refractivity contribution in [2.45, 2.75) is 91.1 Å². The minimum absolute atomic E-state index is 0.303. The summed E-state index contributed by atoms with van der Waals surface area (Å²) in [5, 5.41) is 0. The molecule has 4 fully saturated rings. The fourth-order valence-electron chi connectivity index (χ4n) is 7.96. The third-order valence-electron chi connectivity index (χ3n) is 9.22. The number of carbonyl (C=O) groups is 1. The molecule has 0 radical (unpaired) electrons. The molecule has 24 heavy (non-hydrogen) atoms. The van der Waals surface area contributed by atoms with E-state index >= 15 is 0 Å². The fourth-order valence-corrected chi connectivity index (χ4v) is 7.96. The van der Waals surface area contributed by atoms with Crippen LogP contribution in [0.2, 0.25) is 0 Å². The van der Waals surface area contributed by atoms with Crippen molar-refractivity contribution in [2.24, 2.45) is 34.0 Å². The number of methoxy groups -OCH3 is 1. The highest BCUT2D eigenvalue weighted by Crippen LogP contribution is 2.68. The first-order valence-corrected chi connectivity index (χ1v) is 10.4. The zero-order chi connectivity index (χ0) is 17.2. The molecule has 0 aromatic rings. The molecule has 2 heteroatoms. The standard InChI is InChI=1S/C22H36O2/c1-20-10-5-6-17(23)19(20)16-9-11-21(2)14-15(24-4)7-8-18(21)22(16,3)13-12-20/h15-16,18-19H,5-14H2,1-4H3/t15-,16-,18-,19+,20+,21-,22-/m1/s1. The Bertz CT molecular complexity index is 528. The maximum absolute atomic E-state index is 12.9. The van der Waals surface area contributed by atoms with Gasteiger partial charge in [0.15, 0.2) is 0 Å². The summed E-state index contributed by atoms with van der Waals surface area (Å²) in [6.07, 6.45) is 12.7. The van der Waals surface area contributed by atoms with E-state index in [-0.39, 0.29) is 0 Å². The third-order valence-corrected chi connectivity index (χ3v) is 9.22. The SMILES string of the molecule is CO[C@@H]1CC[C@@H]2[C@](C)(CC[C@@H]3[C@H]4C(=O)CCC[C@@]4(C)CC[C@]32C)C1. The highest BCUT2D eigenvalue weighted by Gasteiger charge is 2.62. The molecule has 4 aliphatic carbocycles. The molecule has 0 saturated heterocycles. The molecule has 0 aliphatic heterocycles. The number of ether oxygens (including phenoxy) is 1. The predicted octanol–water partition coefficient (Wildman–Crippen LogP) is 5.39. The number of Topliss-reactive ketones (excluding diaryl/α,β-unsaturated/α-hetero) is 1. The maximum atomic E-state index is 12.9. The van der Waals surface area contributed by atoms with Crippen molar-refractivity contribution in [2.75, 3.05) is 7.11 Å². The number of ketones is 1. The first kappa shape index (κ1) is 17.1. The molecule has 4 saturated carbocycles. The van der Waals surface area contributed by atoms with Gasteiger partial charge in [-0.1, -0.05) is 20.8 Å². The largest absolute Gasteiger partial charge is 0.381 e. The Morgan fingerprint density at radius 2 is 1.75 bits per heavy atom. The van der Waals surface area contributed by atoms with Crippen molar-refractivity contribution in [3.8, 4) is 0 Å². The Morgan fingerprint density at radius 1 is 0.958 bits per heavy atom.